The van der Waals surface area contributed by atoms with Crippen LogP contribution < -0.4 is 0 Å². The number of thiazole rings is 1. The molecule has 1 fully saturated rings. The molecular formula is C15H21N3O4S. The van der Waals surface area contributed by atoms with Crippen molar-refractivity contribution in [2.24, 2.45) is 0 Å². The van der Waals surface area contributed by atoms with E-state index in [9.17, 15) is 14.4 Å². The summed E-state index contributed by atoms with van der Waals surface area (Å²) in [6, 6.07) is -0.241. The van der Waals surface area contributed by atoms with Crippen LogP contribution in [0.1, 0.15) is 42.4 Å². The van der Waals surface area contributed by atoms with E-state index in [0.29, 0.717) is 0 Å². The van der Waals surface area contributed by atoms with Crippen LogP contribution in [0.15, 0.2) is 0 Å². The maximum Gasteiger partial charge on any atom is 0.418 e. The standard InChI is InChI=1S/C15H21N3O4S/c1-8(12-9(2)23-10(3)16-12)17(6)11(19)7-18-13(20)15(4,5)22-14(18)21/h8H,7H2,1-6H3/t8-/m1/s1. The number of hydrogen-bond acceptors (Lipinski definition) is 6. The molecule has 23 heavy (non-hydrogen) atoms. The van der Waals surface area contributed by atoms with Crippen molar-refractivity contribution in [2.75, 3.05) is 13.6 Å². The first-order valence-corrected chi connectivity index (χ1v) is 8.10. The fourth-order valence-electron chi connectivity index (χ4n) is 2.44. The first kappa shape index (κ1) is 17.4. The van der Waals surface area contributed by atoms with E-state index in [1.807, 2.05) is 20.8 Å². The third-order valence-corrected chi connectivity index (χ3v) is 4.83. The Morgan fingerprint density at radius 3 is 2.43 bits per heavy atom. The zero-order valence-corrected chi connectivity index (χ0v) is 15.0. The van der Waals surface area contributed by atoms with E-state index < -0.39 is 17.6 Å². The van der Waals surface area contributed by atoms with Gasteiger partial charge in [0.15, 0.2) is 5.60 Å². The first-order chi connectivity index (χ1) is 10.5. The van der Waals surface area contributed by atoms with Gasteiger partial charge in [0.05, 0.1) is 16.7 Å². The van der Waals surface area contributed by atoms with E-state index in [4.69, 9.17) is 4.74 Å². The van der Waals surface area contributed by atoms with E-state index in [2.05, 4.69) is 4.98 Å². The maximum absolute atomic E-state index is 12.4. The van der Waals surface area contributed by atoms with Crippen LogP contribution in [0.25, 0.3) is 0 Å². The molecule has 8 heteroatoms. The van der Waals surface area contributed by atoms with Crippen LogP contribution in [0.2, 0.25) is 0 Å². The molecule has 1 saturated heterocycles. The lowest BCUT2D eigenvalue weighted by Gasteiger charge is -2.25. The fourth-order valence-corrected chi connectivity index (χ4v) is 3.35. The number of likely N-dealkylation sites (N-methyl/N-ethyl adjacent to an activating group) is 1. The molecular weight excluding hydrogens is 318 g/mol. The SMILES string of the molecule is Cc1nc([C@@H](C)N(C)C(=O)CN2C(=O)OC(C)(C)C2=O)c(C)s1. The smallest absolute Gasteiger partial charge is 0.418 e. The molecule has 0 bridgehead atoms. The predicted molar refractivity (Wildman–Crippen MR) is 85.0 cm³/mol. The van der Waals surface area contributed by atoms with Crippen LogP contribution in [0, 0.1) is 13.8 Å². The van der Waals surface area contributed by atoms with Gasteiger partial charge in [0.1, 0.15) is 6.54 Å². The molecule has 2 heterocycles. The highest BCUT2D eigenvalue weighted by molar-refractivity contribution is 7.11. The van der Waals surface area contributed by atoms with Gasteiger partial charge in [-0.2, -0.15) is 0 Å². The molecule has 1 aromatic heterocycles. The highest BCUT2D eigenvalue weighted by Crippen LogP contribution is 2.27. The van der Waals surface area contributed by atoms with Crippen molar-refractivity contribution in [3.8, 4) is 0 Å². The topological polar surface area (TPSA) is 79.8 Å². The van der Waals surface area contributed by atoms with Crippen molar-refractivity contribution in [3.63, 3.8) is 0 Å². The molecule has 7 nitrogen and oxygen atoms in total. The molecule has 0 spiro atoms. The van der Waals surface area contributed by atoms with E-state index in [-0.39, 0.29) is 18.5 Å². The molecule has 0 aliphatic carbocycles. The molecule has 1 atom stereocenters. The Kier molecular flexibility index (Phi) is 4.48. The van der Waals surface area contributed by atoms with Gasteiger partial charge in [0.2, 0.25) is 5.91 Å². The Hall–Kier alpha value is -1.96. The van der Waals surface area contributed by atoms with E-state index in [1.54, 1.807) is 18.4 Å². The van der Waals surface area contributed by atoms with Gasteiger partial charge in [-0.1, -0.05) is 0 Å². The number of nitrogens with zero attached hydrogens (tertiary/aromatic N) is 3. The van der Waals surface area contributed by atoms with Gasteiger partial charge in [-0.3, -0.25) is 9.59 Å². The van der Waals surface area contributed by atoms with Gasteiger partial charge in [0, 0.05) is 11.9 Å². The predicted octanol–water partition coefficient (Wildman–Crippen LogP) is 2.04. The maximum atomic E-state index is 12.4. The summed E-state index contributed by atoms with van der Waals surface area (Å²) < 4.78 is 4.98. The zero-order chi connectivity index (χ0) is 17.5. The summed E-state index contributed by atoms with van der Waals surface area (Å²) in [5.74, 6) is -0.844. The Balaban J connectivity index is 2.10. The van der Waals surface area contributed by atoms with Crippen LogP contribution in [0.4, 0.5) is 4.79 Å². The minimum atomic E-state index is -1.22. The average molecular weight is 339 g/mol. The Morgan fingerprint density at radius 1 is 1.39 bits per heavy atom. The molecule has 0 aromatic carbocycles. The summed E-state index contributed by atoms with van der Waals surface area (Å²) in [5.41, 5.74) is -0.386. The number of ether oxygens (including phenoxy) is 1. The lowest BCUT2D eigenvalue weighted by Crippen LogP contribution is -2.44. The second-order valence-corrected chi connectivity index (χ2v) is 7.53. The van der Waals surface area contributed by atoms with E-state index in [0.717, 1.165) is 20.5 Å². The number of carbonyl (C=O) groups is 3. The summed E-state index contributed by atoms with van der Waals surface area (Å²) in [6.45, 7) is 8.42. The number of rotatable bonds is 4. The van der Waals surface area contributed by atoms with Gasteiger partial charge in [-0.15, -0.1) is 11.3 Å². The summed E-state index contributed by atoms with van der Waals surface area (Å²) in [6.07, 6.45) is -0.782. The molecule has 2 rings (SSSR count). The Labute approximate surface area is 139 Å². The second-order valence-electron chi connectivity index (χ2n) is 6.12. The van der Waals surface area contributed by atoms with Crippen molar-refractivity contribution in [1.82, 2.24) is 14.8 Å². The van der Waals surface area contributed by atoms with Crippen molar-refractivity contribution >= 4 is 29.2 Å². The number of amides is 3. The third kappa shape index (κ3) is 3.21. The minimum absolute atomic E-state index is 0.241. The Bertz CT molecular complexity index is 668. The number of hydrogen-bond donors (Lipinski definition) is 0. The molecule has 0 N–H and O–H groups in total. The molecule has 1 aliphatic heterocycles. The number of aromatic nitrogens is 1. The van der Waals surface area contributed by atoms with Crippen LogP contribution in [0.5, 0.6) is 0 Å². The number of carbonyl (C=O) groups excluding carboxylic acids is 3. The molecule has 126 valence electrons. The third-order valence-electron chi connectivity index (χ3n) is 3.93. The fraction of sp³-hybridized carbons (Fsp3) is 0.600. The number of imide groups is 1. The lowest BCUT2D eigenvalue weighted by atomic mass is 10.1. The monoisotopic (exact) mass is 339 g/mol. The van der Waals surface area contributed by atoms with Crippen LogP contribution >= 0.6 is 11.3 Å². The Morgan fingerprint density at radius 2 is 2.00 bits per heavy atom. The second kappa shape index (κ2) is 5.92. The molecule has 3 amide bonds. The van der Waals surface area contributed by atoms with E-state index in [1.165, 1.54) is 18.7 Å². The molecule has 0 radical (unpaired) electrons. The van der Waals surface area contributed by atoms with Crippen molar-refractivity contribution in [2.45, 2.75) is 46.3 Å². The summed E-state index contributed by atoms with van der Waals surface area (Å²) in [7, 11) is 1.64. The number of cyclic esters (lactones) is 1. The average Bonchev–Trinajstić information content (AvgIpc) is 2.88. The van der Waals surface area contributed by atoms with Gasteiger partial charge in [-0.25, -0.2) is 14.7 Å². The summed E-state index contributed by atoms with van der Waals surface area (Å²) >= 11 is 1.57. The minimum Gasteiger partial charge on any atom is -0.433 e. The van der Waals surface area contributed by atoms with Gasteiger partial charge in [-0.05, 0) is 34.6 Å². The lowest BCUT2D eigenvalue weighted by molar-refractivity contribution is -0.140. The van der Waals surface area contributed by atoms with Crippen LogP contribution in [-0.4, -0.2) is 51.9 Å². The van der Waals surface area contributed by atoms with Gasteiger partial charge >= 0.3 is 6.09 Å². The highest BCUT2D eigenvalue weighted by Gasteiger charge is 2.48. The molecule has 1 aromatic rings. The first-order valence-electron chi connectivity index (χ1n) is 7.29. The van der Waals surface area contributed by atoms with Crippen LogP contribution in [0.3, 0.4) is 0 Å². The molecule has 1 aliphatic rings. The van der Waals surface area contributed by atoms with E-state index >= 15 is 0 Å². The quantitative estimate of drug-likeness (QED) is 0.838. The summed E-state index contributed by atoms with van der Waals surface area (Å²) in [5, 5.41) is 0.935. The van der Waals surface area contributed by atoms with Gasteiger partial charge < -0.3 is 9.64 Å². The summed E-state index contributed by atoms with van der Waals surface area (Å²) in [4.78, 5) is 44.1. The van der Waals surface area contributed by atoms with Crippen LogP contribution in [-0.2, 0) is 14.3 Å². The molecule has 0 saturated carbocycles. The highest BCUT2D eigenvalue weighted by atomic mass is 32.1. The molecule has 0 unspecified atom stereocenters. The van der Waals surface area contributed by atoms with Gasteiger partial charge in [0.25, 0.3) is 5.91 Å². The van der Waals surface area contributed by atoms with Crippen molar-refractivity contribution < 1.29 is 19.1 Å². The van der Waals surface area contributed by atoms with Crippen molar-refractivity contribution in [3.05, 3.63) is 15.6 Å². The van der Waals surface area contributed by atoms with Crippen molar-refractivity contribution in [1.29, 1.82) is 0 Å². The normalized spacial score (nSPS) is 18.1. The zero-order valence-electron chi connectivity index (χ0n) is 14.2. The largest absolute Gasteiger partial charge is 0.433 e. The number of aryl methyl sites for hydroxylation is 2.